The average Bonchev–Trinajstić information content (AvgIpc) is 3.37. The van der Waals surface area contributed by atoms with E-state index < -0.39 is 8.32 Å². The molecule has 0 amide bonds. The molecule has 3 aromatic rings. The Morgan fingerprint density at radius 2 is 1.57 bits per heavy atom. The smallest absolute Gasteiger partial charge is 0.309 e. The summed E-state index contributed by atoms with van der Waals surface area (Å²) in [7, 11) is -1.40. The van der Waals surface area contributed by atoms with Crippen molar-refractivity contribution in [3.05, 3.63) is 94.9 Å². The van der Waals surface area contributed by atoms with Crippen LogP contribution in [0.5, 0.6) is 0 Å². The van der Waals surface area contributed by atoms with Crippen LogP contribution in [0.2, 0.25) is 5.04 Å². The first kappa shape index (κ1) is 30.5. The number of carbonyl (C=O) groups excluding carboxylic acids is 1. The van der Waals surface area contributed by atoms with Gasteiger partial charge in [-0.05, 0) is 81.0 Å². The van der Waals surface area contributed by atoms with Gasteiger partial charge in [0.15, 0.2) is 4.67 Å². The summed E-state index contributed by atoms with van der Waals surface area (Å²) < 4.78 is 19.9. The third-order valence-electron chi connectivity index (χ3n) is 8.64. The number of hydrogen-bond donors (Lipinski definition) is 0. The topological polar surface area (TPSA) is 48.7 Å². The van der Waals surface area contributed by atoms with Gasteiger partial charge in [0, 0.05) is 0 Å². The number of esters is 1. The van der Waals surface area contributed by atoms with Crippen molar-refractivity contribution in [3.63, 3.8) is 0 Å². The molecule has 0 unspecified atom stereocenters. The predicted molar refractivity (Wildman–Crippen MR) is 168 cm³/mol. The summed E-state index contributed by atoms with van der Waals surface area (Å²) in [6.07, 6.45) is 3.44. The van der Waals surface area contributed by atoms with Crippen molar-refractivity contribution in [2.45, 2.75) is 65.5 Å². The Labute approximate surface area is 249 Å². The Hall–Kier alpha value is -2.41. The lowest BCUT2D eigenvalue weighted by molar-refractivity contribution is -0.151. The van der Waals surface area contributed by atoms with E-state index in [9.17, 15) is 4.79 Å². The van der Waals surface area contributed by atoms with E-state index in [4.69, 9.17) is 13.6 Å². The second-order valence-corrected chi connectivity index (χ2v) is 17.4. The van der Waals surface area contributed by atoms with Crippen LogP contribution in [0.3, 0.4) is 0 Å². The molecule has 0 radical (unpaired) electrons. The second kappa shape index (κ2) is 12.6. The summed E-state index contributed by atoms with van der Waals surface area (Å²) in [5, 5.41) is 2.23. The molecular weight excluding hydrogens is 580 g/mol. The van der Waals surface area contributed by atoms with E-state index >= 15 is 0 Å². The Bertz CT molecular complexity index is 1250. The minimum Gasteiger partial charge on any atom is -0.469 e. The van der Waals surface area contributed by atoms with Crippen LogP contribution in [0.1, 0.15) is 66.2 Å². The van der Waals surface area contributed by atoms with Gasteiger partial charge in [-0.2, -0.15) is 0 Å². The van der Waals surface area contributed by atoms with E-state index in [0.717, 1.165) is 12.2 Å². The molecule has 0 aliphatic heterocycles. The minimum absolute atomic E-state index is 0.0271. The maximum absolute atomic E-state index is 13.3. The molecule has 1 aromatic heterocycles. The normalized spacial score (nSPS) is 20.7. The average molecular weight is 624 g/mol. The van der Waals surface area contributed by atoms with Crippen LogP contribution < -0.4 is 10.4 Å². The van der Waals surface area contributed by atoms with E-state index in [1.807, 2.05) is 12.1 Å². The van der Waals surface area contributed by atoms with Gasteiger partial charge in [-0.3, -0.25) is 4.79 Å². The summed E-state index contributed by atoms with van der Waals surface area (Å²) in [4.78, 5) is 13.3. The number of rotatable bonds is 9. The van der Waals surface area contributed by atoms with Gasteiger partial charge in [0.1, 0.15) is 11.9 Å². The molecule has 214 valence electrons. The zero-order chi connectivity index (χ0) is 29.1. The van der Waals surface area contributed by atoms with Crippen LogP contribution in [0.15, 0.2) is 93.5 Å². The van der Waals surface area contributed by atoms with Crippen molar-refractivity contribution in [3.8, 4) is 0 Å². The molecule has 1 aliphatic rings. The van der Waals surface area contributed by atoms with Crippen molar-refractivity contribution < 1.29 is 18.4 Å². The van der Waals surface area contributed by atoms with Gasteiger partial charge >= 0.3 is 5.97 Å². The molecule has 1 heterocycles. The van der Waals surface area contributed by atoms with Crippen LogP contribution in [0.25, 0.3) is 0 Å². The predicted octanol–water partition coefficient (Wildman–Crippen LogP) is 8.08. The van der Waals surface area contributed by atoms with E-state index in [2.05, 4.69) is 124 Å². The molecule has 2 aromatic carbocycles. The van der Waals surface area contributed by atoms with Gasteiger partial charge in [0.2, 0.25) is 0 Å². The summed E-state index contributed by atoms with van der Waals surface area (Å²) in [6.45, 7) is 13.4. The van der Waals surface area contributed by atoms with Gasteiger partial charge in [-0.25, -0.2) is 0 Å². The maximum Gasteiger partial charge on any atom is 0.309 e. The van der Waals surface area contributed by atoms with Crippen LogP contribution in [-0.4, -0.2) is 21.4 Å². The van der Waals surface area contributed by atoms with Crippen LogP contribution in [0, 0.1) is 23.7 Å². The van der Waals surface area contributed by atoms with E-state index in [1.54, 1.807) is 0 Å². The fourth-order valence-electron chi connectivity index (χ4n) is 6.56. The third kappa shape index (κ3) is 6.09. The zero-order valence-corrected chi connectivity index (χ0v) is 27.4. The van der Waals surface area contributed by atoms with E-state index in [0.29, 0.717) is 17.0 Å². The molecule has 1 aliphatic carbocycles. The maximum atomic E-state index is 13.3. The van der Waals surface area contributed by atoms with Gasteiger partial charge < -0.3 is 13.6 Å². The highest BCUT2D eigenvalue weighted by Gasteiger charge is 2.53. The number of ether oxygens (including phenoxy) is 1. The Kier molecular flexibility index (Phi) is 9.64. The number of methoxy groups -OCH3 is 1. The molecule has 4 atom stereocenters. The molecular formula is C34H43BrO4Si. The first-order chi connectivity index (χ1) is 19.0. The highest BCUT2D eigenvalue weighted by molar-refractivity contribution is 9.10. The summed E-state index contributed by atoms with van der Waals surface area (Å²) in [5.74, 6) is 0.922. The molecule has 6 heteroatoms. The Morgan fingerprint density at radius 3 is 2.02 bits per heavy atom. The molecule has 4 nitrogen and oxygen atoms in total. The molecule has 0 fully saturated rings. The largest absolute Gasteiger partial charge is 0.469 e. The summed E-state index contributed by atoms with van der Waals surface area (Å²) in [5.41, 5.74) is 1.22. The molecule has 0 saturated heterocycles. The monoisotopic (exact) mass is 622 g/mol. The van der Waals surface area contributed by atoms with Gasteiger partial charge in [-0.15, -0.1) is 0 Å². The fraction of sp³-hybridized carbons (Fsp3) is 0.441. The number of hydrogen-bond acceptors (Lipinski definition) is 4. The number of halogens is 1. The molecule has 0 spiro atoms. The Balaban J connectivity index is 1.89. The van der Waals surface area contributed by atoms with Crippen LogP contribution in [0.4, 0.5) is 0 Å². The van der Waals surface area contributed by atoms with Crippen molar-refractivity contribution >= 4 is 40.6 Å². The third-order valence-corrected chi connectivity index (χ3v) is 14.1. The number of furan rings is 1. The minimum atomic E-state index is -2.90. The van der Waals surface area contributed by atoms with Gasteiger partial charge in [-0.1, -0.05) is 107 Å². The van der Waals surface area contributed by atoms with Gasteiger partial charge in [0.25, 0.3) is 8.32 Å². The first-order valence-corrected chi connectivity index (χ1v) is 17.0. The zero-order valence-electron chi connectivity index (χ0n) is 24.8. The quantitative estimate of drug-likeness (QED) is 0.137. The van der Waals surface area contributed by atoms with Crippen molar-refractivity contribution in [1.29, 1.82) is 0 Å². The molecule has 0 N–H and O–H groups in total. The molecule has 0 saturated carbocycles. The number of carbonyl (C=O) groups is 1. The highest BCUT2D eigenvalue weighted by Crippen LogP contribution is 2.47. The number of benzene rings is 2. The van der Waals surface area contributed by atoms with E-state index in [-0.39, 0.29) is 34.9 Å². The lowest BCUT2D eigenvalue weighted by Crippen LogP contribution is -2.67. The van der Waals surface area contributed by atoms with Crippen molar-refractivity contribution in [2.24, 2.45) is 23.7 Å². The molecule has 0 bridgehead atoms. The summed E-state index contributed by atoms with van der Waals surface area (Å²) >= 11 is 3.53. The number of allylic oxidation sites excluding steroid dienone is 2. The van der Waals surface area contributed by atoms with Gasteiger partial charge in [0.05, 0.1) is 13.0 Å². The first-order valence-electron chi connectivity index (χ1n) is 14.3. The standard InChI is InChI=1S/C34H43BrO4Si/c1-23(2)27-19-18-24(3)28(32(27)33(36)37-7)22-30(29-20-21-31(35)38-29)39-40(34(4,5)6,25-14-10-8-11-15-25)26-16-12-9-13-17-26/h8-18,20-21,23,27-28,30,32H,19,22H2,1-7H3/t27-,28+,30+,32-/m1/s1. The lowest BCUT2D eigenvalue weighted by Gasteiger charge is -2.46. The SMILES string of the molecule is COC(=O)[C@@H]1[C@@H](C(C)C)CC=C(C)[C@@H]1C[C@H](O[Si](c1ccccc1)(c1ccccc1)C(C)(C)C)c1ccc(Br)o1. The van der Waals surface area contributed by atoms with Crippen LogP contribution in [-0.2, 0) is 14.0 Å². The van der Waals surface area contributed by atoms with Crippen LogP contribution >= 0.6 is 15.9 Å². The molecule has 4 rings (SSSR count). The highest BCUT2D eigenvalue weighted by atomic mass is 79.9. The second-order valence-electron chi connectivity index (χ2n) is 12.4. The lowest BCUT2D eigenvalue weighted by atomic mass is 9.66. The van der Waals surface area contributed by atoms with Crippen molar-refractivity contribution in [1.82, 2.24) is 0 Å². The molecule has 40 heavy (non-hydrogen) atoms. The van der Waals surface area contributed by atoms with Crippen molar-refractivity contribution in [2.75, 3.05) is 7.11 Å². The van der Waals surface area contributed by atoms with E-state index in [1.165, 1.54) is 23.1 Å². The Morgan fingerprint density at radius 1 is 1.00 bits per heavy atom. The summed E-state index contributed by atoms with van der Waals surface area (Å²) in [6, 6.07) is 25.3. The fourth-order valence-corrected chi connectivity index (χ4v) is 11.5.